The minimum Gasteiger partial charge on any atom is -0.448 e. The quantitative estimate of drug-likeness (QED) is 0.552. The molecule has 1 aromatic heterocycles. The summed E-state index contributed by atoms with van der Waals surface area (Å²) in [6.07, 6.45) is 1.35. The Morgan fingerprint density at radius 1 is 1.67 bits per heavy atom. The first-order chi connectivity index (χ1) is 7.31. The van der Waals surface area contributed by atoms with Gasteiger partial charge < -0.3 is 15.1 Å². The second-order valence-corrected chi connectivity index (χ2v) is 3.19. The largest absolute Gasteiger partial charge is 0.448 e. The average molecular weight is 208 g/mol. The summed E-state index contributed by atoms with van der Waals surface area (Å²) in [5.74, 6) is 5.89. The number of ether oxygens (including phenoxy) is 1. The van der Waals surface area contributed by atoms with E-state index in [2.05, 4.69) is 10.4 Å². The molecule has 2 rings (SSSR count). The highest BCUT2D eigenvalue weighted by atomic mass is 16.6. The van der Waals surface area contributed by atoms with Gasteiger partial charge in [0.15, 0.2) is 0 Å². The molecule has 2 heterocycles. The standard InChI is InChI=1S/C9H12N4O2/c10-12-8-7(2-1-3-11-8)6-13-4-5-15-9(13)14/h1-3H,4-6,10H2,(H,11,12). The van der Waals surface area contributed by atoms with Gasteiger partial charge in [-0.3, -0.25) is 0 Å². The van der Waals surface area contributed by atoms with Crippen molar-refractivity contribution in [2.24, 2.45) is 5.84 Å². The van der Waals surface area contributed by atoms with E-state index in [1.54, 1.807) is 17.2 Å². The van der Waals surface area contributed by atoms with Crippen molar-refractivity contribution in [2.45, 2.75) is 6.54 Å². The van der Waals surface area contributed by atoms with Crippen LogP contribution in [0.5, 0.6) is 0 Å². The molecule has 6 nitrogen and oxygen atoms in total. The molecule has 0 saturated carbocycles. The van der Waals surface area contributed by atoms with Gasteiger partial charge in [0.25, 0.3) is 0 Å². The summed E-state index contributed by atoms with van der Waals surface area (Å²) in [4.78, 5) is 16.9. The SMILES string of the molecule is NNc1ncccc1CN1CCOC1=O. The van der Waals surface area contributed by atoms with Gasteiger partial charge >= 0.3 is 6.09 Å². The number of nitrogen functional groups attached to an aromatic ring is 1. The molecule has 1 aromatic rings. The number of cyclic esters (lactones) is 1. The fraction of sp³-hybridized carbons (Fsp3) is 0.333. The summed E-state index contributed by atoms with van der Waals surface area (Å²) in [5.41, 5.74) is 3.37. The second-order valence-electron chi connectivity index (χ2n) is 3.19. The summed E-state index contributed by atoms with van der Waals surface area (Å²) in [5, 5.41) is 0. The van der Waals surface area contributed by atoms with Gasteiger partial charge in [-0.15, -0.1) is 0 Å². The molecule has 1 amide bonds. The average Bonchev–Trinajstić information content (AvgIpc) is 2.65. The molecule has 6 heteroatoms. The Labute approximate surface area is 87.0 Å². The van der Waals surface area contributed by atoms with Crippen LogP contribution < -0.4 is 11.3 Å². The van der Waals surface area contributed by atoms with Crippen molar-refractivity contribution in [3.05, 3.63) is 23.9 Å². The lowest BCUT2D eigenvalue weighted by molar-refractivity contribution is 0.157. The summed E-state index contributed by atoms with van der Waals surface area (Å²) in [7, 11) is 0. The lowest BCUT2D eigenvalue weighted by Gasteiger charge is -2.14. The number of nitrogens with zero attached hydrogens (tertiary/aromatic N) is 2. The lowest BCUT2D eigenvalue weighted by Crippen LogP contribution is -2.24. The van der Waals surface area contributed by atoms with E-state index in [9.17, 15) is 4.79 Å². The first-order valence-electron chi connectivity index (χ1n) is 4.63. The molecule has 0 atom stereocenters. The third kappa shape index (κ3) is 1.99. The minimum atomic E-state index is -0.290. The summed E-state index contributed by atoms with van der Waals surface area (Å²) in [6, 6.07) is 3.67. The molecule has 0 unspecified atom stereocenters. The summed E-state index contributed by atoms with van der Waals surface area (Å²) >= 11 is 0. The first-order valence-corrected chi connectivity index (χ1v) is 4.63. The summed E-state index contributed by atoms with van der Waals surface area (Å²) in [6.45, 7) is 1.52. The Morgan fingerprint density at radius 2 is 2.53 bits per heavy atom. The normalized spacial score (nSPS) is 15.3. The van der Waals surface area contributed by atoms with E-state index in [0.29, 0.717) is 25.5 Å². The van der Waals surface area contributed by atoms with Crippen molar-refractivity contribution in [1.82, 2.24) is 9.88 Å². The van der Waals surface area contributed by atoms with E-state index in [4.69, 9.17) is 10.6 Å². The van der Waals surface area contributed by atoms with Gasteiger partial charge in [0.05, 0.1) is 13.1 Å². The maximum Gasteiger partial charge on any atom is 0.410 e. The number of rotatable bonds is 3. The highest BCUT2D eigenvalue weighted by molar-refractivity contribution is 5.69. The number of hydrogen-bond acceptors (Lipinski definition) is 5. The molecule has 15 heavy (non-hydrogen) atoms. The Kier molecular flexibility index (Phi) is 2.68. The third-order valence-corrected chi connectivity index (χ3v) is 2.23. The van der Waals surface area contributed by atoms with Crippen molar-refractivity contribution in [3.8, 4) is 0 Å². The van der Waals surface area contributed by atoms with Crippen molar-refractivity contribution >= 4 is 11.9 Å². The minimum absolute atomic E-state index is 0.290. The van der Waals surface area contributed by atoms with Crippen LogP contribution in [0, 0.1) is 0 Å². The van der Waals surface area contributed by atoms with Crippen LogP contribution in [0.2, 0.25) is 0 Å². The maximum atomic E-state index is 11.2. The van der Waals surface area contributed by atoms with Gasteiger partial charge in [-0.25, -0.2) is 15.6 Å². The van der Waals surface area contributed by atoms with Crippen LogP contribution in [0.1, 0.15) is 5.56 Å². The van der Waals surface area contributed by atoms with Crippen LogP contribution in [0.4, 0.5) is 10.6 Å². The van der Waals surface area contributed by atoms with Gasteiger partial charge in [-0.1, -0.05) is 6.07 Å². The molecule has 3 N–H and O–H groups in total. The molecule has 80 valence electrons. The van der Waals surface area contributed by atoms with Crippen LogP contribution in [0.25, 0.3) is 0 Å². The van der Waals surface area contributed by atoms with Crippen molar-refractivity contribution in [2.75, 3.05) is 18.6 Å². The Bertz CT molecular complexity index is 369. The molecule has 0 bridgehead atoms. The number of nitrogens with two attached hydrogens (primary N) is 1. The fourth-order valence-electron chi connectivity index (χ4n) is 1.47. The third-order valence-electron chi connectivity index (χ3n) is 2.23. The van der Waals surface area contributed by atoms with Gasteiger partial charge in [0.2, 0.25) is 0 Å². The number of amides is 1. The molecule has 0 spiro atoms. The van der Waals surface area contributed by atoms with Gasteiger partial charge in [0.1, 0.15) is 12.4 Å². The van der Waals surface area contributed by atoms with Crippen molar-refractivity contribution in [3.63, 3.8) is 0 Å². The van der Waals surface area contributed by atoms with E-state index in [0.717, 1.165) is 5.56 Å². The van der Waals surface area contributed by atoms with Crippen molar-refractivity contribution < 1.29 is 9.53 Å². The van der Waals surface area contributed by atoms with Crippen LogP contribution in [0.15, 0.2) is 18.3 Å². The van der Waals surface area contributed by atoms with Crippen LogP contribution in [-0.2, 0) is 11.3 Å². The van der Waals surface area contributed by atoms with Gasteiger partial charge in [-0.05, 0) is 6.07 Å². The number of hydrogen-bond donors (Lipinski definition) is 2. The highest BCUT2D eigenvalue weighted by Gasteiger charge is 2.22. The van der Waals surface area contributed by atoms with E-state index in [-0.39, 0.29) is 6.09 Å². The molecule has 1 saturated heterocycles. The van der Waals surface area contributed by atoms with E-state index < -0.39 is 0 Å². The van der Waals surface area contributed by atoms with Crippen LogP contribution in [-0.4, -0.2) is 29.1 Å². The monoisotopic (exact) mass is 208 g/mol. The number of aromatic nitrogens is 1. The Morgan fingerprint density at radius 3 is 3.20 bits per heavy atom. The predicted octanol–water partition coefficient (Wildman–Crippen LogP) is 0.319. The molecule has 1 aliphatic rings. The zero-order valence-corrected chi connectivity index (χ0v) is 8.14. The van der Waals surface area contributed by atoms with Crippen LogP contribution in [0.3, 0.4) is 0 Å². The van der Waals surface area contributed by atoms with Crippen LogP contribution >= 0.6 is 0 Å². The molecule has 1 fully saturated rings. The zero-order chi connectivity index (χ0) is 10.7. The Balaban J connectivity index is 2.12. The number of nitrogens with one attached hydrogen (secondary N) is 1. The second kappa shape index (κ2) is 4.14. The molecular formula is C9H12N4O2. The fourth-order valence-corrected chi connectivity index (χ4v) is 1.47. The summed E-state index contributed by atoms with van der Waals surface area (Å²) < 4.78 is 4.83. The van der Waals surface area contributed by atoms with Gasteiger partial charge in [-0.2, -0.15) is 0 Å². The van der Waals surface area contributed by atoms with Gasteiger partial charge in [0, 0.05) is 11.8 Å². The predicted molar refractivity (Wildman–Crippen MR) is 53.8 cm³/mol. The first kappa shape index (κ1) is 9.72. The maximum absolute atomic E-state index is 11.2. The van der Waals surface area contributed by atoms with Crippen molar-refractivity contribution in [1.29, 1.82) is 0 Å². The number of pyridine rings is 1. The zero-order valence-electron chi connectivity index (χ0n) is 8.14. The molecule has 0 aromatic carbocycles. The lowest BCUT2D eigenvalue weighted by atomic mass is 10.2. The number of hydrazine groups is 1. The number of carbonyl (C=O) groups excluding carboxylic acids is 1. The Hall–Kier alpha value is -1.82. The molecule has 0 aliphatic carbocycles. The van der Waals surface area contributed by atoms with E-state index in [1.807, 2.05) is 6.07 Å². The molecular weight excluding hydrogens is 196 g/mol. The topological polar surface area (TPSA) is 80.5 Å². The number of carbonyl (C=O) groups is 1. The molecule has 0 radical (unpaired) electrons. The highest BCUT2D eigenvalue weighted by Crippen LogP contribution is 2.15. The number of anilines is 1. The van der Waals surface area contributed by atoms with E-state index in [1.165, 1.54) is 0 Å². The van der Waals surface area contributed by atoms with E-state index >= 15 is 0 Å². The smallest absolute Gasteiger partial charge is 0.410 e. The molecule has 1 aliphatic heterocycles.